The van der Waals surface area contributed by atoms with Crippen molar-refractivity contribution in [3.63, 3.8) is 0 Å². The van der Waals surface area contributed by atoms with Crippen LogP contribution in [0.25, 0.3) is 0 Å². The average Bonchev–Trinajstić information content (AvgIpc) is 3.05. The van der Waals surface area contributed by atoms with Crippen molar-refractivity contribution in [3.05, 3.63) is 34.9 Å². The monoisotopic (exact) mass is 396 g/mol. The number of hydrogen-bond acceptors (Lipinski definition) is 5. The maximum Gasteiger partial charge on any atom is 0.255 e. The number of fused-ring (bicyclic) bond motifs is 3. The number of carbonyl (C=O) groups is 3. The maximum atomic E-state index is 13.0. The summed E-state index contributed by atoms with van der Waals surface area (Å²) in [6.45, 7) is 2.28. The predicted octanol–water partition coefficient (Wildman–Crippen LogP) is 1.07. The van der Waals surface area contributed by atoms with Crippen LogP contribution in [0, 0.1) is 5.92 Å². The molecular weight excluding hydrogens is 368 g/mol. The van der Waals surface area contributed by atoms with E-state index in [1.54, 1.807) is 4.90 Å². The molecule has 3 N–H and O–H groups in total. The molecule has 0 radical (unpaired) electrons. The molecule has 2 bridgehead atoms. The minimum atomic E-state index is -0.560. The van der Waals surface area contributed by atoms with Crippen LogP contribution in [0.4, 0.5) is 0 Å². The number of amides is 3. The molecule has 1 saturated carbocycles. The highest BCUT2D eigenvalue weighted by Gasteiger charge is 2.40. The van der Waals surface area contributed by atoms with Gasteiger partial charge in [0, 0.05) is 37.2 Å². The predicted molar refractivity (Wildman–Crippen MR) is 107 cm³/mol. The molecule has 3 aliphatic heterocycles. The molecule has 3 heterocycles. The van der Waals surface area contributed by atoms with Gasteiger partial charge in [-0.3, -0.25) is 19.7 Å². The number of nitrogens with one attached hydrogen (secondary N) is 3. The van der Waals surface area contributed by atoms with Crippen molar-refractivity contribution in [3.8, 4) is 0 Å². The van der Waals surface area contributed by atoms with E-state index in [9.17, 15) is 14.4 Å². The van der Waals surface area contributed by atoms with Crippen molar-refractivity contribution < 1.29 is 14.4 Å². The summed E-state index contributed by atoms with van der Waals surface area (Å²) < 4.78 is 0. The fraction of sp³-hybridized carbons (Fsp3) is 0.591. The molecule has 3 amide bonds. The average molecular weight is 396 g/mol. The van der Waals surface area contributed by atoms with Crippen LogP contribution in [-0.2, 0) is 22.7 Å². The summed E-state index contributed by atoms with van der Waals surface area (Å²) in [6, 6.07) is 6.30. The van der Waals surface area contributed by atoms with E-state index in [1.807, 2.05) is 12.1 Å². The molecule has 4 aliphatic rings. The van der Waals surface area contributed by atoms with Crippen molar-refractivity contribution >= 4 is 17.7 Å². The van der Waals surface area contributed by atoms with Gasteiger partial charge in [-0.1, -0.05) is 12.1 Å². The Kier molecular flexibility index (Phi) is 4.87. The van der Waals surface area contributed by atoms with Gasteiger partial charge in [-0.25, -0.2) is 0 Å². The van der Waals surface area contributed by atoms with E-state index < -0.39 is 6.04 Å². The Bertz CT molecular complexity index is 854. The van der Waals surface area contributed by atoms with Crippen LogP contribution in [0.3, 0.4) is 0 Å². The maximum absolute atomic E-state index is 13.0. The van der Waals surface area contributed by atoms with E-state index in [0.717, 1.165) is 30.1 Å². The Morgan fingerprint density at radius 2 is 2.00 bits per heavy atom. The molecule has 154 valence electrons. The molecule has 29 heavy (non-hydrogen) atoms. The Morgan fingerprint density at radius 3 is 2.86 bits per heavy atom. The minimum absolute atomic E-state index is 0.106. The standard InChI is InChI=1S/C22H28N4O3/c27-20-7-6-19(21(28)25-20)26-12-16-14(2-1-3-15(16)22(26)29)11-24-17-5-4-13-8-9-23-18(17)10-13/h1-3,13,17-19,23-24H,4-12H2,(H,25,27,28). The zero-order chi connectivity index (χ0) is 20.0. The molecule has 5 rings (SSSR count). The summed E-state index contributed by atoms with van der Waals surface area (Å²) in [5.41, 5.74) is 2.83. The first kappa shape index (κ1) is 18.8. The normalized spacial score (nSPS) is 31.6. The van der Waals surface area contributed by atoms with Crippen molar-refractivity contribution in [1.29, 1.82) is 0 Å². The van der Waals surface area contributed by atoms with Crippen molar-refractivity contribution in [2.45, 2.75) is 69.7 Å². The number of carbonyl (C=O) groups excluding carboxylic acids is 3. The lowest BCUT2D eigenvalue weighted by molar-refractivity contribution is -0.136. The summed E-state index contributed by atoms with van der Waals surface area (Å²) in [4.78, 5) is 38.3. The SMILES string of the molecule is O=C1CCC(N2Cc3c(CNC4CCC5CCNC4C5)cccc3C2=O)C(=O)N1. The van der Waals surface area contributed by atoms with E-state index in [-0.39, 0.29) is 24.1 Å². The Morgan fingerprint density at radius 1 is 1.10 bits per heavy atom. The Balaban J connectivity index is 1.29. The van der Waals surface area contributed by atoms with Gasteiger partial charge in [-0.2, -0.15) is 0 Å². The lowest BCUT2D eigenvalue weighted by Crippen LogP contribution is -2.54. The van der Waals surface area contributed by atoms with Gasteiger partial charge in [0.05, 0.1) is 0 Å². The zero-order valence-electron chi connectivity index (χ0n) is 16.6. The fourth-order valence-corrected chi connectivity index (χ4v) is 5.52. The summed E-state index contributed by atoms with van der Waals surface area (Å²) in [7, 11) is 0. The largest absolute Gasteiger partial charge is 0.322 e. The minimum Gasteiger partial charge on any atom is -0.322 e. The summed E-state index contributed by atoms with van der Waals surface area (Å²) >= 11 is 0. The smallest absolute Gasteiger partial charge is 0.255 e. The molecule has 0 spiro atoms. The summed E-state index contributed by atoms with van der Waals surface area (Å²) in [5.74, 6) is 0.152. The topological polar surface area (TPSA) is 90.5 Å². The molecule has 1 aromatic rings. The number of rotatable bonds is 4. The highest BCUT2D eigenvalue weighted by molar-refractivity contribution is 6.05. The van der Waals surface area contributed by atoms with E-state index in [2.05, 4.69) is 22.0 Å². The lowest BCUT2D eigenvalue weighted by atomic mass is 9.78. The number of nitrogens with zero attached hydrogens (tertiary/aromatic N) is 1. The number of imide groups is 1. The van der Waals surface area contributed by atoms with E-state index >= 15 is 0 Å². The highest BCUT2D eigenvalue weighted by Crippen LogP contribution is 2.32. The van der Waals surface area contributed by atoms with Gasteiger partial charge < -0.3 is 15.5 Å². The lowest BCUT2D eigenvalue weighted by Gasteiger charge is -2.41. The first-order chi connectivity index (χ1) is 14.1. The molecule has 2 saturated heterocycles. The van der Waals surface area contributed by atoms with Gasteiger partial charge in [0.15, 0.2) is 0 Å². The second-order valence-electron chi connectivity index (χ2n) is 8.86. The number of piperidine rings is 2. The van der Waals surface area contributed by atoms with Crippen molar-refractivity contribution in [2.24, 2.45) is 5.92 Å². The van der Waals surface area contributed by atoms with E-state index in [1.165, 1.54) is 25.7 Å². The summed E-state index contributed by atoms with van der Waals surface area (Å²) in [6.07, 6.45) is 5.72. The second-order valence-corrected chi connectivity index (χ2v) is 8.86. The van der Waals surface area contributed by atoms with Crippen molar-refractivity contribution in [2.75, 3.05) is 6.54 Å². The van der Waals surface area contributed by atoms with Crippen LogP contribution in [0.2, 0.25) is 0 Å². The van der Waals surface area contributed by atoms with Crippen LogP contribution < -0.4 is 16.0 Å². The molecule has 3 fully saturated rings. The van der Waals surface area contributed by atoms with Gasteiger partial charge in [0.1, 0.15) is 6.04 Å². The third-order valence-corrected chi connectivity index (χ3v) is 7.15. The Labute approximate surface area is 170 Å². The molecule has 0 aromatic heterocycles. The third kappa shape index (κ3) is 3.46. The molecule has 1 aromatic carbocycles. The van der Waals surface area contributed by atoms with Crippen LogP contribution in [0.1, 0.15) is 60.0 Å². The van der Waals surface area contributed by atoms with Gasteiger partial charge in [-0.15, -0.1) is 0 Å². The molecule has 7 nitrogen and oxygen atoms in total. The van der Waals surface area contributed by atoms with Crippen LogP contribution >= 0.6 is 0 Å². The van der Waals surface area contributed by atoms with Gasteiger partial charge >= 0.3 is 0 Å². The van der Waals surface area contributed by atoms with Crippen LogP contribution in [0.15, 0.2) is 18.2 Å². The zero-order valence-corrected chi connectivity index (χ0v) is 16.6. The molecule has 1 aliphatic carbocycles. The van der Waals surface area contributed by atoms with Gasteiger partial charge in [0.25, 0.3) is 5.91 Å². The molecule has 4 unspecified atom stereocenters. The molecule has 7 heteroatoms. The van der Waals surface area contributed by atoms with Gasteiger partial charge in [-0.05, 0) is 61.8 Å². The van der Waals surface area contributed by atoms with Crippen molar-refractivity contribution in [1.82, 2.24) is 20.9 Å². The second kappa shape index (κ2) is 7.54. The first-order valence-electron chi connectivity index (χ1n) is 10.8. The highest BCUT2D eigenvalue weighted by atomic mass is 16.2. The fourth-order valence-electron chi connectivity index (χ4n) is 5.52. The number of hydrogen-bond donors (Lipinski definition) is 3. The third-order valence-electron chi connectivity index (χ3n) is 7.15. The quantitative estimate of drug-likeness (QED) is 0.663. The van der Waals surface area contributed by atoms with Gasteiger partial charge in [0.2, 0.25) is 11.8 Å². The summed E-state index contributed by atoms with van der Waals surface area (Å²) in [5, 5.41) is 9.75. The van der Waals surface area contributed by atoms with Crippen LogP contribution in [0.5, 0.6) is 0 Å². The number of benzene rings is 1. The molecular formula is C22H28N4O3. The molecule has 4 atom stereocenters. The van der Waals surface area contributed by atoms with Crippen LogP contribution in [-0.4, -0.2) is 47.3 Å². The van der Waals surface area contributed by atoms with E-state index in [0.29, 0.717) is 30.6 Å². The first-order valence-corrected chi connectivity index (χ1v) is 10.8. The van der Waals surface area contributed by atoms with E-state index in [4.69, 9.17) is 0 Å². The Hall–Kier alpha value is -2.25.